The van der Waals surface area contributed by atoms with Crippen molar-refractivity contribution in [2.45, 2.75) is 32.6 Å². The molecule has 0 amide bonds. The highest BCUT2D eigenvalue weighted by Gasteiger charge is 2.18. The van der Waals surface area contributed by atoms with Crippen molar-refractivity contribution in [3.8, 4) is 5.88 Å². The number of hydrogen-bond acceptors (Lipinski definition) is 5. The molecule has 5 heteroatoms. The number of rotatable bonds is 5. The molecule has 5 nitrogen and oxygen atoms in total. The first-order valence-electron chi connectivity index (χ1n) is 5.70. The summed E-state index contributed by atoms with van der Waals surface area (Å²) in [6.45, 7) is 7.35. The maximum atomic E-state index is 5.73. The van der Waals surface area contributed by atoms with Gasteiger partial charge in [0.05, 0.1) is 6.61 Å². The van der Waals surface area contributed by atoms with E-state index >= 15 is 0 Å². The highest BCUT2D eigenvalue weighted by molar-refractivity contribution is 5.34. The number of nitrogen functional groups attached to an aromatic ring is 1. The van der Waals surface area contributed by atoms with Gasteiger partial charge in [-0.25, -0.2) is 4.98 Å². The third-order valence-electron chi connectivity index (χ3n) is 2.14. The molecule has 0 fully saturated rings. The van der Waals surface area contributed by atoms with E-state index in [0.29, 0.717) is 30.7 Å². The van der Waals surface area contributed by atoms with E-state index in [1.54, 1.807) is 13.2 Å². The summed E-state index contributed by atoms with van der Waals surface area (Å²) < 4.78 is 10.5. The lowest BCUT2D eigenvalue weighted by Crippen LogP contribution is -2.17. The fraction of sp³-hybridized carbons (Fsp3) is 0.667. The van der Waals surface area contributed by atoms with Crippen molar-refractivity contribution >= 4 is 5.82 Å². The Balaban J connectivity index is 2.69. The predicted molar refractivity (Wildman–Crippen MR) is 67.1 cm³/mol. The molecule has 0 aromatic carbocycles. The van der Waals surface area contributed by atoms with E-state index < -0.39 is 0 Å². The van der Waals surface area contributed by atoms with Crippen LogP contribution in [-0.4, -0.2) is 30.3 Å². The Kier molecular flexibility index (Phi) is 4.69. The zero-order valence-electron chi connectivity index (χ0n) is 11.0. The number of nitrogens with two attached hydrogens (primary N) is 1. The van der Waals surface area contributed by atoms with Gasteiger partial charge in [0.1, 0.15) is 11.6 Å². The Labute approximate surface area is 102 Å². The molecule has 1 rings (SSSR count). The molecular formula is C12H21N3O2. The van der Waals surface area contributed by atoms with Gasteiger partial charge in [-0.05, 0) is 0 Å². The van der Waals surface area contributed by atoms with E-state index in [9.17, 15) is 0 Å². The fourth-order valence-electron chi connectivity index (χ4n) is 1.23. The van der Waals surface area contributed by atoms with Crippen molar-refractivity contribution in [2.24, 2.45) is 0 Å². The van der Waals surface area contributed by atoms with Gasteiger partial charge in [-0.15, -0.1) is 0 Å². The second-order valence-electron chi connectivity index (χ2n) is 4.90. The molecule has 1 heterocycles. The minimum absolute atomic E-state index is 0.139. The van der Waals surface area contributed by atoms with Crippen molar-refractivity contribution in [2.75, 3.05) is 26.1 Å². The zero-order chi connectivity index (χ0) is 12.9. The van der Waals surface area contributed by atoms with Crippen LogP contribution in [0.4, 0.5) is 5.82 Å². The molecule has 0 bridgehead atoms. The van der Waals surface area contributed by atoms with E-state index in [-0.39, 0.29) is 5.41 Å². The Morgan fingerprint density at radius 2 is 1.94 bits per heavy atom. The Bertz CT molecular complexity index is 361. The van der Waals surface area contributed by atoms with Crippen molar-refractivity contribution in [1.29, 1.82) is 0 Å². The van der Waals surface area contributed by atoms with Crippen molar-refractivity contribution < 1.29 is 9.47 Å². The predicted octanol–water partition coefficient (Wildman–Crippen LogP) is 1.77. The molecule has 0 aliphatic heterocycles. The van der Waals surface area contributed by atoms with Crippen LogP contribution in [0.15, 0.2) is 6.07 Å². The van der Waals surface area contributed by atoms with E-state index in [1.165, 1.54) is 0 Å². The van der Waals surface area contributed by atoms with Crippen molar-refractivity contribution in [3.63, 3.8) is 0 Å². The van der Waals surface area contributed by atoms with Gasteiger partial charge in [-0.2, -0.15) is 4.98 Å². The van der Waals surface area contributed by atoms with Crippen LogP contribution in [0, 0.1) is 0 Å². The number of ether oxygens (including phenoxy) is 2. The van der Waals surface area contributed by atoms with Gasteiger partial charge in [-0.1, -0.05) is 20.8 Å². The molecule has 0 spiro atoms. The molecule has 0 aliphatic carbocycles. The summed E-state index contributed by atoms with van der Waals surface area (Å²) in [6, 6.07) is 1.64. The summed E-state index contributed by atoms with van der Waals surface area (Å²) in [5.74, 6) is 1.66. The van der Waals surface area contributed by atoms with Crippen molar-refractivity contribution in [3.05, 3.63) is 11.9 Å². The van der Waals surface area contributed by atoms with Crippen LogP contribution < -0.4 is 10.5 Å². The molecule has 0 saturated carbocycles. The van der Waals surface area contributed by atoms with Crippen LogP contribution in [-0.2, 0) is 10.2 Å². The lowest BCUT2D eigenvalue weighted by molar-refractivity contribution is 0.170. The van der Waals surface area contributed by atoms with Crippen LogP contribution >= 0.6 is 0 Å². The lowest BCUT2D eigenvalue weighted by Gasteiger charge is -2.17. The van der Waals surface area contributed by atoms with E-state index in [1.807, 2.05) is 20.8 Å². The third-order valence-corrected chi connectivity index (χ3v) is 2.14. The first kappa shape index (κ1) is 13.7. The molecular weight excluding hydrogens is 218 g/mol. The van der Waals surface area contributed by atoms with Crippen LogP contribution in [0.3, 0.4) is 0 Å². The number of hydrogen-bond donors (Lipinski definition) is 1. The van der Waals surface area contributed by atoms with E-state index in [0.717, 1.165) is 6.42 Å². The second-order valence-corrected chi connectivity index (χ2v) is 4.90. The Hall–Kier alpha value is -1.36. The summed E-state index contributed by atoms with van der Waals surface area (Å²) in [5, 5.41) is 0. The fourth-order valence-corrected chi connectivity index (χ4v) is 1.23. The molecule has 1 aromatic rings. The molecule has 0 aliphatic rings. The SMILES string of the molecule is COCCCOc1cc(N)nc(C(C)(C)C)n1. The topological polar surface area (TPSA) is 70.3 Å². The highest BCUT2D eigenvalue weighted by Crippen LogP contribution is 2.22. The lowest BCUT2D eigenvalue weighted by atomic mass is 9.96. The average Bonchev–Trinajstić information content (AvgIpc) is 2.22. The molecule has 2 N–H and O–H groups in total. The normalized spacial score (nSPS) is 11.5. The van der Waals surface area contributed by atoms with Gasteiger partial charge >= 0.3 is 0 Å². The number of nitrogens with zero attached hydrogens (tertiary/aromatic N) is 2. The van der Waals surface area contributed by atoms with Gasteiger partial charge in [0, 0.05) is 31.6 Å². The van der Waals surface area contributed by atoms with Gasteiger partial charge in [0.25, 0.3) is 0 Å². The zero-order valence-corrected chi connectivity index (χ0v) is 11.0. The number of methoxy groups -OCH3 is 1. The third kappa shape index (κ3) is 4.56. The van der Waals surface area contributed by atoms with Crippen LogP contribution in [0.5, 0.6) is 5.88 Å². The standard InChI is InChI=1S/C12H21N3O2/c1-12(2,3)11-14-9(13)8-10(15-11)17-7-5-6-16-4/h8H,5-7H2,1-4H3,(H2,13,14,15). The minimum atomic E-state index is -0.139. The first-order valence-corrected chi connectivity index (χ1v) is 5.70. The van der Waals surface area contributed by atoms with Gasteiger partial charge in [0.2, 0.25) is 5.88 Å². The summed E-state index contributed by atoms with van der Waals surface area (Å²) in [4.78, 5) is 8.56. The molecule has 0 unspecified atom stereocenters. The monoisotopic (exact) mass is 239 g/mol. The van der Waals surface area contributed by atoms with Crippen LogP contribution in [0.1, 0.15) is 33.0 Å². The second kappa shape index (κ2) is 5.82. The molecule has 0 saturated heterocycles. The Morgan fingerprint density at radius 3 is 2.53 bits per heavy atom. The number of anilines is 1. The maximum Gasteiger partial charge on any atom is 0.218 e. The van der Waals surface area contributed by atoms with Gasteiger partial charge < -0.3 is 15.2 Å². The van der Waals surface area contributed by atoms with Crippen LogP contribution in [0.2, 0.25) is 0 Å². The summed E-state index contributed by atoms with van der Waals surface area (Å²) in [6.07, 6.45) is 0.825. The van der Waals surface area contributed by atoms with E-state index in [4.69, 9.17) is 15.2 Å². The molecule has 1 aromatic heterocycles. The largest absolute Gasteiger partial charge is 0.477 e. The first-order chi connectivity index (χ1) is 7.93. The van der Waals surface area contributed by atoms with Gasteiger partial charge in [0.15, 0.2) is 0 Å². The van der Waals surface area contributed by atoms with E-state index in [2.05, 4.69) is 9.97 Å². The quantitative estimate of drug-likeness (QED) is 0.793. The summed E-state index contributed by atoms with van der Waals surface area (Å²) >= 11 is 0. The average molecular weight is 239 g/mol. The molecule has 17 heavy (non-hydrogen) atoms. The Morgan fingerprint density at radius 1 is 1.24 bits per heavy atom. The smallest absolute Gasteiger partial charge is 0.218 e. The highest BCUT2D eigenvalue weighted by atomic mass is 16.5. The molecule has 0 atom stereocenters. The van der Waals surface area contributed by atoms with Gasteiger partial charge in [-0.3, -0.25) is 0 Å². The minimum Gasteiger partial charge on any atom is -0.477 e. The maximum absolute atomic E-state index is 5.73. The number of aromatic nitrogens is 2. The summed E-state index contributed by atoms with van der Waals surface area (Å²) in [7, 11) is 1.67. The van der Waals surface area contributed by atoms with Crippen LogP contribution in [0.25, 0.3) is 0 Å². The molecule has 96 valence electrons. The van der Waals surface area contributed by atoms with Crippen molar-refractivity contribution in [1.82, 2.24) is 9.97 Å². The molecule has 0 radical (unpaired) electrons. The summed E-state index contributed by atoms with van der Waals surface area (Å²) in [5.41, 5.74) is 5.59.